The number of thioether (sulfide) groups is 1. The first kappa shape index (κ1) is 12.8. The molecule has 0 aromatic heterocycles. The van der Waals surface area contributed by atoms with Crippen molar-refractivity contribution in [2.75, 3.05) is 18.9 Å². The summed E-state index contributed by atoms with van der Waals surface area (Å²) in [5.74, 6) is 2.30. The molecule has 2 nitrogen and oxygen atoms in total. The van der Waals surface area contributed by atoms with Gasteiger partial charge in [0.2, 0.25) is 0 Å². The van der Waals surface area contributed by atoms with Gasteiger partial charge in [-0.15, -0.1) is 0 Å². The summed E-state index contributed by atoms with van der Waals surface area (Å²) in [4.78, 5) is 0. The van der Waals surface area contributed by atoms with E-state index in [1.807, 2.05) is 19.1 Å². The van der Waals surface area contributed by atoms with Crippen LogP contribution in [0.1, 0.15) is 25.3 Å². The lowest BCUT2D eigenvalue weighted by Crippen LogP contribution is -2.22. The van der Waals surface area contributed by atoms with Gasteiger partial charge in [0.25, 0.3) is 0 Å². The molecule has 0 saturated carbocycles. The third-order valence-electron chi connectivity index (χ3n) is 2.96. The molecule has 1 N–H and O–H groups in total. The van der Waals surface area contributed by atoms with E-state index in [2.05, 4.69) is 29.2 Å². The number of benzene rings is 1. The van der Waals surface area contributed by atoms with Gasteiger partial charge < -0.3 is 10.1 Å². The molecule has 1 atom stereocenters. The van der Waals surface area contributed by atoms with Crippen molar-refractivity contribution in [3.05, 3.63) is 29.8 Å². The summed E-state index contributed by atoms with van der Waals surface area (Å²) < 4.78 is 5.42. The van der Waals surface area contributed by atoms with Crippen LogP contribution in [0, 0.1) is 0 Å². The molecule has 1 heterocycles. The lowest BCUT2D eigenvalue weighted by molar-refractivity contribution is 0.340. The Labute approximate surface area is 108 Å². The highest BCUT2D eigenvalue weighted by Gasteiger charge is 2.14. The van der Waals surface area contributed by atoms with Gasteiger partial charge in [0.1, 0.15) is 5.75 Å². The average Bonchev–Trinajstić information content (AvgIpc) is 2.85. The molecule has 0 bridgehead atoms. The smallest absolute Gasteiger partial charge is 0.119 e. The lowest BCUT2D eigenvalue weighted by atomic mass is 10.2. The topological polar surface area (TPSA) is 21.3 Å². The van der Waals surface area contributed by atoms with E-state index in [1.54, 1.807) is 0 Å². The van der Waals surface area contributed by atoms with Crippen molar-refractivity contribution < 1.29 is 4.74 Å². The molecule has 1 aliphatic rings. The van der Waals surface area contributed by atoms with E-state index in [-0.39, 0.29) is 0 Å². The Bertz CT molecular complexity index is 319. The Balaban J connectivity index is 1.70. The second kappa shape index (κ2) is 6.92. The second-order valence-electron chi connectivity index (χ2n) is 4.34. The van der Waals surface area contributed by atoms with E-state index in [0.29, 0.717) is 0 Å². The summed E-state index contributed by atoms with van der Waals surface area (Å²) in [5.41, 5.74) is 1.33. The summed E-state index contributed by atoms with van der Waals surface area (Å²) in [7, 11) is 0. The predicted molar refractivity (Wildman–Crippen MR) is 74.8 cm³/mol. The van der Waals surface area contributed by atoms with Crippen LogP contribution in [0.2, 0.25) is 0 Å². The van der Waals surface area contributed by atoms with Gasteiger partial charge in [-0.25, -0.2) is 0 Å². The highest BCUT2D eigenvalue weighted by Crippen LogP contribution is 2.25. The average molecular weight is 251 g/mol. The van der Waals surface area contributed by atoms with Crippen molar-refractivity contribution in [1.29, 1.82) is 0 Å². The number of nitrogens with one attached hydrogen (secondary N) is 1. The van der Waals surface area contributed by atoms with Crippen molar-refractivity contribution in [3.63, 3.8) is 0 Å². The minimum atomic E-state index is 0.733. The maximum atomic E-state index is 5.42. The van der Waals surface area contributed by atoms with Gasteiger partial charge in [0.15, 0.2) is 0 Å². The van der Waals surface area contributed by atoms with Crippen molar-refractivity contribution in [2.24, 2.45) is 0 Å². The van der Waals surface area contributed by atoms with E-state index in [9.17, 15) is 0 Å². The van der Waals surface area contributed by atoms with Crippen molar-refractivity contribution in [1.82, 2.24) is 5.32 Å². The van der Waals surface area contributed by atoms with Gasteiger partial charge in [-0.2, -0.15) is 11.8 Å². The van der Waals surface area contributed by atoms with E-state index >= 15 is 0 Å². The zero-order valence-corrected chi connectivity index (χ0v) is 11.3. The molecule has 1 aromatic rings. The zero-order chi connectivity index (χ0) is 11.9. The molecule has 1 fully saturated rings. The fourth-order valence-electron chi connectivity index (χ4n) is 2.05. The minimum Gasteiger partial charge on any atom is -0.494 e. The quantitative estimate of drug-likeness (QED) is 0.839. The Kier molecular flexibility index (Phi) is 5.20. The molecule has 1 aromatic carbocycles. The summed E-state index contributed by atoms with van der Waals surface area (Å²) >= 11 is 2.10. The van der Waals surface area contributed by atoms with Gasteiger partial charge in [-0.05, 0) is 43.2 Å². The van der Waals surface area contributed by atoms with Crippen LogP contribution < -0.4 is 10.1 Å². The van der Waals surface area contributed by atoms with E-state index in [0.717, 1.165) is 30.7 Å². The fourth-order valence-corrected chi connectivity index (χ4v) is 3.29. The van der Waals surface area contributed by atoms with E-state index < -0.39 is 0 Å². The monoisotopic (exact) mass is 251 g/mol. The van der Waals surface area contributed by atoms with Gasteiger partial charge in [-0.3, -0.25) is 0 Å². The third kappa shape index (κ3) is 4.25. The van der Waals surface area contributed by atoms with Crippen LogP contribution in [-0.2, 0) is 6.54 Å². The van der Waals surface area contributed by atoms with E-state index in [1.165, 1.54) is 24.2 Å². The number of hydrogen-bond donors (Lipinski definition) is 1. The summed E-state index contributed by atoms with van der Waals surface area (Å²) in [5, 5.41) is 4.36. The molecule has 0 radical (unpaired) electrons. The first-order valence-corrected chi connectivity index (χ1v) is 7.47. The normalized spacial score (nSPS) is 19.5. The molecule has 17 heavy (non-hydrogen) atoms. The molecule has 2 rings (SSSR count). The largest absolute Gasteiger partial charge is 0.494 e. The fraction of sp³-hybridized carbons (Fsp3) is 0.571. The van der Waals surface area contributed by atoms with Crippen molar-refractivity contribution in [2.45, 2.75) is 31.6 Å². The van der Waals surface area contributed by atoms with Gasteiger partial charge in [-0.1, -0.05) is 12.1 Å². The molecule has 1 aliphatic heterocycles. The molecule has 0 amide bonds. The molecule has 3 heteroatoms. The van der Waals surface area contributed by atoms with Crippen LogP contribution in [-0.4, -0.2) is 24.2 Å². The lowest BCUT2D eigenvalue weighted by Gasteiger charge is -2.10. The zero-order valence-electron chi connectivity index (χ0n) is 10.4. The Hall–Kier alpha value is -0.670. The Morgan fingerprint density at radius 2 is 2.18 bits per heavy atom. The van der Waals surface area contributed by atoms with Crippen LogP contribution in [0.4, 0.5) is 0 Å². The SMILES string of the molecule is CCOc1ccc(CNCC2CCCS2)cc1. The number of rotatable bonds is 6. The maximum absolute atomic E-state index is 5.42. The maximum Gasteiger partial charge on any atom is 0.119 e. The van der Waals surface area contributed by atoms with Crippen LogP contribution in [0.25, 0.3) is 0 Å². The van der Waals surface area contributed by atoms with Crippen molar-refractivity contribution in [3.8, 4) is 5.75 Å². The van der Waals surface area contributed by atoms with Crippen LogP contribution in [0.15, 0.2) is 24.3 Å². The number of hydrogen-bond acceptors (Lipinski definition) is 3. The van der Waals surface area contributed by atoms with Crippen molar-refractivity contribution >= 4 is 11.8 Å². The summed E-state index contributed by atoms with van der Waals surface area (Å²) in [6.45, 7) is 4.84. The van der Waals surface area contributed by atoms with Gasteiger partial charge in [0, 0.05) is 18.3 Å². The predicted octanol–water partition coefficient (Wildman–Crippen LogP) is 3.07. The summed E-state index contributed by atoms with van der Waals surface area (Å²) in [6, 6.07) is 8.37. The molecular weight excluding hydrogens is 230 g/mol. The molecule has 0 spiro atoms. The molecule has 1 saturated heterocycles. The van der Waals surface area contributed by atoms with E-state index in [4.69, 9.17) is 4.74 Å². The standard InChI is InChI=1S/C14H21NOS/c1-2-16-13-7-5-12(6-8-13)10-15-11-14-4-3-9-17-14/h5-8,14-15H,2-4,9-11H2,1H3. The Morgan fingerprint density at radius 1 is 1.35 bits per heavy atom. The van der Waals surface area contributed by atoms with Crippen LogP contribution >= 0.6 is 11.8 Å². The summed E-state index contributed by atoms with van der Waals surface area (Å²) in [6.07, 6.45) is 2.76. The molecule has 94 valence electrons. The molecule has 1 unspecified atom stereocenters. The van der Waals surface area contributed by atoms with Crippen LogP contribution in [0.5, 0.6) is 5.75 Å². The highest BCUT2D eigenvalue weighted by atomic mass is 32.2. The van der Waals surface area contributed by atoms with Gasteiger partial charge >= 0.3 is 0 Å². The second-order valence-corrected chi connectivity index (χ2v) is 5.75. The number of ether oxygens (including phenoxy) is 1. The third-order valence-corrected chi connectivity index (χ3v) is 4.36. The van der Waals surface area contributed by atoms with Gasteiger partial charge in [0.05, 0.1) is 6.61 Å². The van der Waals surface area contributed by atoms with Crippen LogP contribution in [0.3, 0.4) is 0 Å². The Morgan fingerprint density at radius 3 is 2.82 bits per heavy atom. The first-order chi connectivity index (χ1) is 8.38. The molecular formula is C14H21NOS. The molecule has 0 aliphatic carbocycles. The minimum absolute atomic E-state index is 0.733. The first-order valence-electron chi connectivity index (χ1n) is 6.42. The highest BCUT2D eigenvalue weighted by molar-refractivity contribution is 8.00.